The number of aldehydes is 2. The fourth-order valence-corrected chi connectivity index (χ4v) is 4.71. The van der Waals surface area contributed by atoms with E-state index in [4.69, 9.17) is 24.9 Å². The number of benzene rings is 1. The molecule has 5 rings (SSSR count). The van der Waals surface area contributed by atoms with Crippen molar-refractivity contribution in [2.45, 2.75) is 38.3 Å². The molecule has 0 spiro atoms. The number of ether oxygens (including phenoxy) is 3. The molecule has 0 saturated carbocycles. The third-order valence-corrected chi connectivity index (χ3v) is 6.55. The van der Waals surface area contributed by atoms with Gasteiger partial charge in [0.2, 0.25) is 12.7 Å². The Labute approximate surface area is 209 Å². The number of fused-ring (bicyclic) bond motifs is 5. The topological polar surface area (TPSA) is 172 Å². The SMILES string of the molecule is COCc1c(C(O)C=O)cc2n(c1=O)Cc1c-2nc2cc3c(cc2c1CNC(=O)C(N)CC=O)OCO3. The standard InChI is InChI=1S/C25H24N4O8/c1-35-10-16-13(20(32)9-31)4-19-23-15(8-29(19)25(16)34)14(7-27-24(33)17(26)2-3-30)12-5-21-22(37-11-36-21)6-18(12)28-23/h3-6,9,17,20,32H,2,7-8,10-11,26H2,1H3,(H,27,33). The van der Waals surface area contributed by atoms with Gasteiger partial charge in [-0.25, -0.2) is 4.98 Å². The van der Waals surface area contributed by atoms with Crippen LogP contribution in [0.5, 0.6) is 11.5 Å². The number of nitrogens with two attached hydrogens (primary N) is 1. The number of amides is 1. The van der Waals surface area contributed by atoms with Crippen molar-refractivity contribution in [1.29, 1.82) is 0 Å². The molecule has 12 nitrogen and oxygen atoms in total. The van der Waals surface area contributed by atoms with Gasteiger partial charge in [-0.3, -0.25) is 9.59 Å². The van der Waals surface area contributed by atoms with Gasteiger partial charge in [-0.05, 0) is 17.7 Å². The monoisotopic (exact) mass is 508 g/mol. The number of carbonyl (C=O) groups excluding carboxylic acids is 3. The van der Waals surface area contributed by atoms with Crippen LogP contribution in [0.4, 0.5) is 0 Å². The van der Waals surface area contributed by atoms with E-state index in [0.29, 0.717) is 57.5 Å². The lowest BCUT2D eigenvalue weighted by atomic mass is 9.99. The summed E-state index contributed by atoms with van der Waals surface area (Å²) in [6.45, 7) is 0.153. The second kappa shape index (κ2) is 9.73. The van der Waals surface area contributed by atoms with Crippen LogP contribution in [-0.4, -0.2) is 53.1 Å². The number of rotatable bonds is 9. The molecule has 0 fully saturated rings. The van der Waals surface area contributed by atoms with Crippen LogP contribution in [0.3, 0.4) is 0 Å². The van der Waals surface area contributed by atoms with Gasteiger partial charge in [-0.2, -0.15) is 0 Å². The zero-order valence-electron chi connectivity index (χ0n) is 19.9. The number of aromatic nitrogens is 2. The van der Waals surface area contributed by atoms with Crippen molar-refractivity contribution in [1.82, 2.24) is 14.9 Å². The second-order valence-electron chi connectivity index (χ2n) is 8.74. The molecule has 37 heavy (non-hydrogen) atoms. The van der Waals surface area contributed by atoms with Crippen LogP contribution in [0.2, 0.25) is 0 Å². The number of aliphatic hydroxyl groups excluding tert-OH is 1. The first kappa shape index (κ1) is 24.6. The van der Waals surface area contributed by atoms with Crippen LogP contribution < -0.4 is 26.1 Å². The maximum Gasteiger partial charge on any atom is 0.257 e. The average molecular weight is 508 g/mol. The highest BCUT2D eigenvalue weighted by molar-refractivity contribution is 5.91. The Morgan fingerprint density at radius 2 is 2.03 bits per heavy atom. The molecule has 0 radical (unpaired) electrons. The van der Waals surface area contributed by atoms with Gasteiger partial charge in [-0.1, -0.05) is 0 Å². The van der Waals surface area contributed by atoms with Crippen LogP contribution >= 0.6 is 0 Å². The number of aliphatic hydroxyl groups is 1. The van der Waals surface area contributed by atoms with E-state index in [9.17, 15) is 24.3 Å². The molecule has 3 aromatic rings. The minimum absolute atomic E-state index is 0.0455. The highest BCUT2D eigenvalue weighted by Crippen LogP contribution is 2.41. The van der Waals surface area contributed by atoms with Gasteiger partial charge in [0.15, 0.2) is 17.8 Å². The minimum Gasteiger partial charge on any atom is -0.454 e. The average Bonchev–Trinajstić information content (AvgIpc) is 3.50. The zero-order chi connectivity index (χ0) is 26.3. The Morgan fingerprint density at radius 1 is 1.27 bits per heavy atom. The molecule has 2 unspecified atom stereocenters. The molecule has 0 aliphatic carbocycles. The van der Waals surface area contributed by atoms with E-state index >= 15 is 0 Å². The summed E-state index contributed by atoms with van der Waals surface area (Å²) in [6.07, 6.45) is -0.708. The molecule has 0 bridgehead atoms. The third kappa shape index (κ3) is 4.14. The van der Waals surface area contributed by atoms with E-state index in [0.717, 1.165) is 0 Å². The van der Waals surface area contributed by atoms with Crippen molar-refractivity contribution in [2.75, 3.05) is 13.9 Å². The molecule has 1 aromatic carbocycles. The molecule has 2 aliphatic rings. The first-order valence-electron chi connectivity index (χ1n) is 11.5. The number of nitrogens with one attached hydrogen (secondary N) is 1. The van der Waals surface area contributed by atoms with E-state index < -0.39 is 23.6 Å². The molecule has 4 heterocycles. The molecular weight excluding hydrogens is 484 g/mol. The van der Waals surface area contributed by atoms with Gasteiger partial charge in [0.05, 0.1) is 36.1 Å². The van der Waals surface area contributed by atoms with Crippen molar-refractivity contribution < 1.29 is 33.7 Å². The summed E-state index contributed by atoms with van der Waals surface area (Å²) in [4.78, 5) is 52.9. The van der Waals surface area contributed by atoms with Crippen molar-refractivity contribution >= 4 is 29.4 Å². The van der Waals surface area contributed by atoms with E-state index in [1.807, 2.05) is 0 Å². The fraction of sp³-hybridized carbons (Fsp3) is 0.320. The summed E-state index contributed by atoms with van der Waals surface area (Å²) < 4.78 is 17.7. The van der Waals surface area contributed by atoms with Crippen LogP contribution in [0.1, 0.15) is 34.8 Å². The molecule has 0 saturated heterocycles. The molecular formula is C25H24N4O8. The normalized spacial score (nSPS) is 14.7. The molecule has 2 aromatic heterocycles. The Hall–Kier alpha value is -4.13. The molecule has 1 amide bonds. The Bertz CT molecular complexity index is 1500. The number of nitrogens with zero attached hydrogens (tertiary/aromatic N) is 2. The van der Waals surface area contributed by atoms with E-state index in [-0.39, 0.29) is 44.0 Å². The predicted molar refractivity (Wildman–Crippen MR) is 129 cm³/mol. The lowest BCUT2D eigenvalue weighted by Gasteiger charge is -2.15. The van der Waals surface area contributed by atoms with E-state index in [2.05, 4.69) is 5.32 Å². The number of hydrogen-bond donors (Lipinski definition) is 3. The predicted octanol–water partition coefficient (Wildman–Crippen LogP) is 0.0651. The maximum absolute atomic E-state index is 13.4. The van der Waals surface area contributed by atoms with E-state index in [1.54, 1.807) is 18.2 Å². The summed E-state index contributed by atoms with van der Waals surface area (Å²) in [5.41, 5.74) is 8.44. The number of hydrogen-bond acceptors (Lipinski definition) is 10. The molecule has 2 atom stereocenters. The number of methoxy groups -OCH3 is 1. The van der Waals surface area contributed by atoms with Gasteiger partial charge < -0.3 is 44.5 Å². The van der Waals surface area contributed by atoms with Crippen LogP contribution in [0.25, 0.3) is 22.3 Å². The number of pyridine rings is 2. The molecule has 12 heteroatoms. The van der Waals surface area contributed by atoms with Crippen molar-refractivity contribution in [3.05, 3.63) is 50.8 Å². The number of carbonyl (C=O) groups is 3. The van der Waals surface area contributed by atoms with Crippen LogP contribution in [-0.2, 0) is 38.8 Å². The van der Waals surface area contributed by atoms with Crippen molar-refractivity contribution in [3.63, 3.8) is 0 Å². The Morgan fingerprint density at radius 3 is 2.73 bits per heavy atom. The largest absolute Gasteiger partial charge is 0.454 e. The summed E-state index contributed by atoms with van der Waals surface area (Å²) in [5.74, 6) is 0.523. The van der Waals surface area contributed by atoms with Crippen LogP contribution in [0.15, 0.2) is 23.0 Å². The first-order chi connectivity index (χ1) is 17.9. The minimum atomic E-state index is -1.51. The van der Waals surface area contributed by atoms with Gasteiger partial charge in [0.25, 0.3) is 5.56 Å². The molecule has 2 aliphatic heterocycles. The van der Waals surface area contributed by atoms with Gasteiger partial charge in [-0.15, -0.1) is 0 Å². The Balaban J connectivity index is 1.69. The fourth-order valence-electron chi connectivity index (χ4n) is 4.71. The third-order valence-electron chi connectivity index (χ3n) is 6.55. The van der Waals surface area contributed by atoms with Crippen molar-refractivity contribution in [3.8, 4) is 22.9 Å². The Kier molecular flexibility index (Phi) is 6.46. The maximum atomic E-state index is 13.4. The second-order valence-corrected chi connectivity index (χ2v) is 8.74. The van der Waals surface area contributed by atoms with Gasteiger partial charge >= 0.3 is 0 Å². The lowest BCUT2D eigenvalue weighted by Crippen LogP contribution is -2.40. The zero-order valence-corrected chi connectivity index (χ0v) is 19.9. The molecule has 4 N–H and O–H groups in total. The lowest BCUT2D eigenvalue weighted by molar-refractivity contribution is -0.124. The quantitative estimate of drug-likeness (QED) is 0.263. The molecule has 192 valence electrons. The summed E-state index contributed by atoms with van der Waals surface area (Å²) >= 11 is 0. The highest BCUT2D eigenvalue weighted by atomic mass is 16.7. The summed E-state index contributed by atoms with van der Waals surface area (Å²) in [5, 5.41) is 13.8. The van der Waals surface area contributed by atoms with Crippen molar-refractivity contribution in [2.24, 2.45) is 5.73 Å². The van der Waals surface area contributed by atoms with E-state index in [1.165, 1.54) is 11.7 Å². The smallest absolute Gasteiger partial charge is 0.257 e. The highest BCUT2D eigenvalue weighted by Gasteiger charge is 2.30. The van der Waals surface area contributed by atoms with Gasteiger partial charge in [0, 0.05) is 48.2 Å². The summed E-state index contributed by atoms with van der Waals surface area (Å²) in [6, 6.07) is 4.04. The first-order valence-corrected chi connectivity index (χ1v) is 11.5. The van der Waals surface area contributed by atoms with Crippen LogP contribution in [0, 0.1) is 0 Å². The van der Waals surface area contributed by atoms with Gasteiger partial charge in [0.1, 0.15) is 12.4 Å². The summed E-state index contributed by atoms with van der Waals surface area (Å²) in [7, 11) is 1.41.